The summed E-state index contributed by atoms with van der Waals surface area (Å²) >= 11 is 0. The third-order valence-corrected chi connectivity index (χ3v) is 3.39. The number of aromatic nitrogens is 2. The Morgan fingerprint density at radius 2 is 2.19 bits per heavy atom. The number of rotatable bonds is 5. The van der Waals surface area contributed by atoms with E-state index in [0.29, 0.717) is 6.04 Å². The first-order chi connectivity index (χ1) is 7.85. The lowest BCUT2D eigenvalue weighted by Crippen LogP contribution is -2.30. The molecule has 0 spiro atoms. The van der Waals surface area contributed by atoms with E-state index in [4.69, 9.17) is 0 Å². The standard InChI is InChI=1S/C13H21N3/c1-3-10(14-4-2)8-13-11-6-5-7-12(11)15-9-16-13/h9-10,14H,3-8H2,1-2H3. The number of aryl methyl sites for hydroxylation is 1. The van der Waals surface area contributed by atoms with Crippen molar-refractivity contribution in [3.8, 4) is 0 Å². The minimum Gasteiger partial charge on any atom is -0.314 e. The van der Waals surface area contributed by atoms with Gasteiger partial charge in [-0.25, -0.2) is 9.97 Å². The van der Waals surface area contributed by atoms with Crippen molar-refractivity contribution in [2.24, 2.45) is 0 Å². The van der Waals surface area contributed by atoms with Gasteiger partial charge in [0, 0.05) is 23.9 Å². The van der Waals surface area contributed by atoms with Gasteiger partial charge in [0.2, 0.25) is 0 Å². The lowest BCUT2D eigenvalue weighted by atomic mass is 10.0. The van der Waals surface area contributed by atoms with Crippen LogP contribution in [0.2, 0.25) is 0 Å². The minimum absolute atomic E-state index is 0.560. The molecule has 0 aromatic carbocycles. The van der Waals surface area contributed by atoms with E-state index in [1.807, 2.05) is 0 Å². The molecule has 0 amide bonds. The van der Waals surface area contributed by atoms with Gasteiger partial charge in [0.15, 0.2) is 0 Å². The molecule has 0 saturated carbocycles. The molecular formula is C13H21N3. The Hall–Kier alpha value is -0.960. The van der Waals surface area contributed by atoms with Crippen LogP contribution in [-0.2, 0) is 19.3 Å². The van der Waals surface area contributed by atoms with E-state index in [1.54, 1.807) is 6.33 Å². The quantitative estimate of drug-likeness (QED) is 0.822. The zero-order chi connectivity index (χ0) is 11.4. The lowest BCUT2D eigenvalue weighted by molar-refractivity contribution is 0.503. The lowest BCUT2D eigenvalue weighted by Gasteiger charge is -2.16. The number of nitrogens with zero attached hydrogens (tertiary/aromatic N) is 2. The summed E-state index contributed by atoms with van der Waals surface area (Å²) < 4.78 is 0. The summed E-state index contributed by atoms with van der Waals surface area (Å²) in [6, 6.07) is 0.560. The normalized spacial score (nSPS) is 16.1. The van der Waals surface area contributed by atoms with Crippen LogP contribution < -0.4 is 5.32 Å². The predicted octanol–water partition coefficient (Wildman–Crippen LogP) is 1.90. The second-order valence-electron chi connectivity index (χ2n) is 4.47. The molecule has 1 aliphatic rings. The molecule has 3 heteroatoms. The average Bonchev–Trinajstić information content (AvgIpc) is 2.77. The molecule has 3 nitrogen and oxygen atoms in total. The SMILES string of the molecule is CCNC(CC)Cc1ncnc2c1CCC2. The largest absolute Gasteiger partial charge is 0.314 e. The molecule has 1 aliphatic carbocycles. The second-order valence-corrected chi connectivity index (χ2v) is 4.47. The highest BCUT2D eigenvalue weighted by atomic mass is 14.9. The Morgan fingerprint density at radius 3 is 2.94 bits per heavy atom. The summed E-state index contributed by atoms with van der Waals surface area (Å²) in [5, 5.41) is 3.51. The van der Waals surface area contributed by atoms with Crippen molar-refractivity contribution >= 4 is 0 Å². The van der Waals surface area contributed by atoms with Crippen LogP contribution in [0, 0.1) is 0 Å². The number of nitrogens with one attached hydrogen (secondary N) is 1. The van der Waals surface area contributed by atoms with Crippen LogP contribution in [0.15, 0.2) is 6.33 Å². The Morgan fingerprint density at radius 1 is 1.31 bits per heavy atom. The summed E-state index contributed by atoms with van der Waals surface area (Å²) in [6.07, 6.45) is 7.51. The third-order valence-electron chi connectivity index (χ3n) is 3.39. The Bertz CT molecular complexity index is 349. The van der Waals surface area contributed by atoms with Crippen LogP contribution in [-0.4, -0.2) is 22.6 Å². The van der Waals surface area contributed by atoms with Gasteiger partial charge in [-0.2, -0.15) is 0 Å². The highest BCUT2D eigenvalue weighted by Crippen LogP contribution is 2.22. The van der Waals surface area contributed by atoms with Gasteiger partial charge in [0.05, 0.1) is 0 Å². The Balaban J connectivity index is 2.12. The molecule has 2 rings (SSSR count). The molecule has 0 bridgehead atoms. The Kier molecular flexibility index (Phi) is 3.88. The van der Waals surface area contributed by atoms with Crippen LogP contribution in [0.1, 0.15) is 43.6 Å². The maximum atomic E-state index is 4.47. The predicted molar refractivity (Wildman–Crippen MR) is 65.5 cm³/mol. The van der Waals surface area contributed by atoms with E-state index in [9.17, 15) is 0 Å². The van der Waals surface area contributed by atoms with Crippen LogP contribution in [0.5, 0.6) is 0 Å². The molecule has 0 fully saturated rings. The molecule has 1 aromatic rings. The van der Waals surface area contributed by atoms with Crippen LogP contribution in [0.3, 0.4) is 0 Å². The first-order valence-electron chi connectivity index (χ1n) is 6.40. The second kappa shape index (κ2) is 5.39. The molecule has 1 N–H and O–H groups in total. The van der Waals surface area contributed by atoms with Crippen molar-refractivity contribution in [2.45, 2.75) is 52.0 Å². The van der Waals surface area contributed by atoms with E-state index in [-0.39, 0.29) is 0 Å². The van der Waals surface area contributed by atoms with Crippen LogP contribution >= 0.6 is 0 Å². The fraction of sp³-hybridized carbons (Fsp3) is 0.692. The van der Waals surface area contributed by atoms with Gasteiger partial charge >= 0.3 is 0 Å². The summed E-state index contributed by atoms with van der Waals surface area (Å²) in [5.74, 6) is 0. The number of likely N-dealkylation sites (N-methyl/N-ethyl adjacent to an activating group) is 1. The molecular weight excluding hydrogens is 198 g/mol. The van der Waals surface area contributed by atoms with Crippen molar-refractivity contribution in [3.63, 3.8) is 0 Å². The first-order valence-corrected chi connectivity index (χ1v) is 6.40. The van der Waals surface area contributed by atoms with E-state index in [1.165, 1.54) is 29.8 Å². The zero-order valence-corrected chi connectivity index (χ0v) is 10.3. The smallest absolute Gasteiger partial charge is 0.115 e. The molecule has 1 unspecified atom stereocenters. The van der Waals surface area contributed by atoms with E-state index in [2.05, 4.69) is 29.1 Å². The average molecular weight is 219 g/mol. The molecule has 0 radical (unpaired) electrons. The zero-order valence-electron chi connectivity index (χ0n) is 10.3. The summed E-state index contributed by atoms with van der Waals surface area (Å²) in [7, 11) is 0. The summed E-state index contributed by atoms with van der Waals surface area (Å²) in [5.41, 5.74) is 3.99. The van der Waals surface area contributed by atoms with Gasteiger partial charge in [-0.1, -0.05) is 13.8 Å². The number of hydrogen-bond acceptors (Lipinski definition) is 3. The maximum absolute atomic E-state index is 4.47. The minimum atomic E-state index is 0.560. The molecule has 0 aliphatic heterocycles. The van der Waals surface area contributed by atoms with Crippen molar-refractivity contribution in [3.05, 3.63) is 23.3 Å². The van der Waals surface area contributed by atoms with Crippen molar-refractivity contribution in [1.29, 1.82) is 0 Å². The monoisotopic (exact) mass is 219 g/mol. The van der Waals surface area contributed by atoms with Crippen molar-refractivity contribution in [2.75, 3.05) is 6.54 Å². The Labute approximate surface area is 97.7 Å². The van der Waals surface area contributed by atoms with E-state index >= 15 is 0 Å². The fourth-order valence-corrected chi connectivity index (χ4v) is 2.49. The number of hydrogen-bond donors (Lipinski definition) is 1. The molecule has 1 heterocycles. The van der Waals surface area contributed by atoms with Crippen molar-refractivity contribution in [1.82, 2.24) is 15.3 Å². The van der Waals surface area contributed by atoms with Gasteiger partial charge < -0.3 is 5.32 Å². The third kappa shape index (κ3) is 2.40. The topological polar surface area (TPSA) is 37.8 Å². The van der Waals surface area contributed by atoms with E-state index < -0.39 is 0 Å². The fourth-order valence-electron chi connectivity index (χ4n) is 2.49. The van der Waals surface area contributed by atoms with Gasteiger partial charge in [0.1, 0.15) is 6.33 Å². The van der Waals surface area contributed by atoms with Gasteiger partial charge in [-0.05, 0) is 37.8 Å². The molecule has 1 aromatic heterocycles. The van der Waals surface area contributed by atoms with Crippen molar-refractivity contribution < 1.29 is 0 Å². The molecule has 0 saturated heterocycles. The molecule has 16 heavy (non-hydrogen) atoms. The maximum Gasteiger partial charge on any atom is 0.115 e. The molecule has 88 valence electrons. The van der Waals surface area contributed by atoms with Gasteiger partial charge in [0.25, 0.3) is 0 Å². The summed E-state index contributed by atoms with van der Waals surface area (Å²) in [6.45, 7) is 5.42. The van der Waals surface area contributed by atoms with E-state index in [0.717, 1.165) is 25.8 Å². The summed E-state index contributed by atoms with van der Waals surface area (Å²) in [4.78, 5) is 8.84. The highest BCUT2D eigenvalue weighted by Gasteiger charge is 2.18. The van der Waals surface area contributed by atoms with Crippen LogP contribution in [0.4, 0.5) is 0 Å². The first kappa shape index (κ1) is 11.5. The van der Waals surface area contributed by atoms with Crippen LogP contribution in [0.25, 0.3) is 0 Å². The van der Waals surface area contributed by atoms with Gasteiger partial charge in [-0.15, -0.1) is 0 Å². The number of fused-ring (bicyclic) bond motifs is 1. The van der Waals surface area contributed by atoms with Gasteiger partial charge in [-0.3, -0.25) is 0 Å². The molecule has 1 atom stereocenters. The highest BCUT2D eigenvalue weighted by molar-refractivity contribution is 5.29.